The lowest BCUT2D eigenvalue weighted by atomic mass is 10.2. The molecule has 66 valence electrons. The van der Waals surface area contributed by atoms with Crippen molar-refractivity contribution in [2.45, 2.75) is 12.8 Å². The number of aromatic amines is 1. The number of hydrogen-bond donors (Lipinski definition) is 2. The normalized spacial score (nSPS) is 10.6. The van der Waals surface area contributed by atoms with Crippen LogP contribution in [-0.2, 0) is 6.42 Å². The van der Waals surface area contributed by atoms with E-state index in [1.54, 1.807) is 0 Å². The summed E-state index contributed by atoms with van der Waals surface area (Å²) in [6.07, 6.45) is -1.87. The van der Waals surface area contributed by atoms with Crippen LogP contribution >= 0.6 is 0 Å². The average molecular weight is 175 g/mol. The molecule has 0 bridgehead atoms. The zero-order valence-electron chi connectivity index (χ0n) is 6.05. The van der Waals surface area contributed by atoms with Gasteiger partial charge in [0.15, 0.2) is 0 Å². The van der Waals surface area contributed by atoms with Gasteiger partial charge in [-0.25, -0.2) is 8.78 Å². The van der Waals surface area contributed by atoms with Crippen molar-refractivity contribution in [1.29, 1.82) is 0 Å². The van der Waals surface area contributed by atoms with E-state index in [0.717, 1.165) is 0 Å². The summed E-state index contributed by atoms with van der Waals surface area (Å²) >= 11 is 0. The van der Waals surface area contributed by atoms with Crippen LogP contribution in [0.15, 0.2) is 6.20 Å². The third-order valence-electron chi connectivity index (χ3n) is 1.33. The number of nitrogens with one attached hydrogen (secondary N) is 1. The van der Waals surface area contributed by atoms with E-state index in [2.05, 4.69) is 10.2 Å². The minimum Gasteiger partial charge on any atom is -0.365 e. The molecule has 0 aliphatic heterocycles. The van der Waals surface area contributed by atoms with Crippen LogP contribution in [0.3, 0.4) is 0 Å². The molecule has 1 aromatic rings. The molecule has 3 N–H and O–H groups in total. The van der Waals surface area contributed by atoms with Gasteiger partial charge in [0.1, 0.15) is 0 Å². The van der Waals surface area contributed by atoms with Gasteiger partial charge in [-0.15, -0.1) is 0 Å². The molecule has 6 heteroatoms. The molecule has 1 rings (SSSR count). The number of nitrogens with zero attached hydrogens (tertiary/aromatic N) is 1. The minimum atomic E-state index is -2.52. The molecular weight excluding hydrogens is 168 g/mol. The van der Waals surface area contributed by atoms with Crippen molar-refractivity contribution in [1.82, 2.24) is 10.2 Å². The Morgan fingerprint density at radius 1 is 1.75 bits per heavy atom. The van der Waals surface area contributed by atoms with Crippen molar-refractivity contribution in [3.63, 3.8) is 0 Å². The molecular formula is C6H7F2N3O. The molecule has 0 aliphatic carbocycles. The highest BCUT2D eigenvalue weighted by Gasteiger charge is 2.14. The van der Waals surface area contributed by atoms with Crippen LogP contribution in [0.25, 0.3) is 0 Å². The van der Waals surface area contributed by atoms with Crippen LogP contribution in [0.1, 0.15) is 16.1 Å². The molecule has 0 saturated heterocycles. The van der Waals surface area contributed by atoms with Crippen LogP contribution in [0.4, 0.5) is 8.78 Å². The SMILES string of the molecule is NC(=O)c1c[nH]nc1CC(F)F. The van der Waals surface area contributed by atoms with Crippen molar-refractivity contribution in [3.05, 3.63) is 17.5 Å². The lowest BCUT2D eigenvalue weighted by Gasteiger charge is -1.96. The number of carbonyl (C=O) groups is 1. The highest BCUT2D eigenvalue weighted by Crippen LogP contribution is 2.08. The monoisotopic (exact) mass is 175 g/mol. The van der Waals surface area contributed by atoms with Gasteiger partial charge in [-0.05, 0) is 0 Å². The van der Waals surface area contributed by atoms with Crippen molar-refractivity contribution >= 4 is 5.91 Å². The van der Waals surface area contributed by atoms with Gasteiger partial charge in [-0.2, -0.15) is 5.10 Å². The summed E-state index contributed by atoms with van der Waals surface area (Å²) in [4.78, 5) is 10.6. The Labute approximate surface area is 66.8 Å². The smallest absolute Gasteiger partial charge is 0.252 e. The number of primary amides is 1. The maximum absolute atomic E-state index is 11.8. The van der Waals surface area contributed by atoms with Crippen LogP contribution in [0.5, 0.6) is 0 Å². The topological polar surface area (TPSA) is 71.8 Å². The molecule has 0 spiro atoms. The number of rotatable bonds is 3. The number of hydrogen-bond acceptors (Lipinski definition) is 2. The van der Waals surface area contributed by atoms with Gasteiger partial charge in [0.2, 0.25) is 6.43 Å². The van der Waals surface area contributed by atoms with E-state index in [1.807, 2.05) is 0 Å². The maximum atomic E-state index is 11.8. The molecule has 0 fully saturated rings. The Bertz CT molecular complexity index is 284. The third kappa shape index (κ3) is 1.77. The summed E-state index contributed by atoms with van der Waals surface area (Å²) in [6, 6.07) is 0. The van der Waals surface area contributed by atoms with E-state index in [-0.39, 0.29) is 11.3 Å². The summed E-state index contributed by atoms with van der Waals surface area (Å²) in [5, 5.41) is 5.77. The summed E-state index contributed by atoms with van der Waals surface area (Å²) in [7, 11) is 0. The van der Waals surface area contributed by atoms with Crippen LogP contribution in [0, 0.1) is 0 Å². The zero-order valence-corrected chi connectivity index (χ0v) is 6.05. The average Bonchev–Trinajstić information content (AvgIpc) is 2.33. The quantitative estimate of drug-likeness (QED) is 0.694. The summed E-state index contributed by atoms with van der Waals surface area (Å²) in [6.45, 7) is 0. The van der Waals surface area contributed by atoms with Crippen molar-refractivity contribution in [2.24, 2.45) is 5.73 Å². The van der Waals surface area contributed by atoms with E-state index < -0.39 is 18.8 Å². The first kappa shape index (κ1) is 8.63. The molecule has 0 unspecified atom stereocenters. The third-order valence-corrected chi connectivity index (χ3v) is 1.33. The van der Waals surface area contributed by atoms with Crippen molar-refractivity contribution in [3.8, 4) is 0 Å². The number of nitrogens with two attached hydrogens (primary N) is 1. The van der Waals surface area contributed by atoms with E-state index >= 15 is 0 Å². The van der Waals surface area contributed by atoms with Crippen LogP contribution < -0.4 is 5.73 Å². The number of aromatic nitrogens is 2. The molecule has 0 atom stereocenters. The van der Waals surface area contributed by atoms with E-state index in [9.17, 15) is 13.6 Å². The Hall–Kier alpha value is -1.46. The second kappa shape index (κ2) is 3.29. The number of alkyl halides is 2. The van der Waals surface area contributed by atoms with E-state index in [1.165, 1.54) is 6.20 Å². The minimum absolute atomic E-state index is 0.0116. The van der Waals surface area contributed by atoms with E-state index in [4.69, 9.17) is 5.73 Å². The summed E-state index contributed by atoms with van der Waals surface area (Å²) < 4.78 is 23.7. The predicted octanol–water partition coefficient (Wildman–Crippen LogP) is 0.316. The lowest BCUT2D eigenvalue weighted by molar-refractivity contribution is 0.0997. The Balaban J connectivity index is 2.84. The standard InChI is InChI=1S/C6H7F2N3O/c7-5(8)1-4-3(6(9)12)2-10-11-4/h2,5H,1H2,(H2,9,12)(H,10,11). The lowest BCUT2D eigenvalue weighted by Crippen LogP contribution is -2.13. The van der Waals surface area contributed by atoms with Crippen molar-refractivity contribution in [2.75, 3.05) is 0 Å². The first-order valence-electron chi connectivity index (χ1n) is 3.22. The van der Waals surface area contributed by atoms with E-state index in [0.29, 0.717) is 0 Å². The maximum Gasteiger partial charge on any atom is 0.252 e. The molecule has 0 aliphatic rings. The molecule has 0 radical (unpaired) electrons. The molecule has 1 aromatic heterocycles. The molecule has 0 saturated carbocycles. The number of amides is 1. The fourth-order valence-electron chi connectivity index (χ4n) is 0.833. The number of halogens is 2. The second-order valence-electron chi connectivity index (χ2n) is 2.21. The van der Waals surface area contributed by atoms with Gasteiger partial charge in [0.25, 0.3) is 5.91 Å². The van der Waals surface area contributed by atoms with Gasteiger partial charge in [-0.3, -0.25) is 9.89 Å². The molecule has 0 aromatic carbocycles. The summed E-state index contributed by atoms with van der Waals surface area (Å²) in [5.74, 6) is -0.751. The van der Waals surface area contributed by atoms with Gasteiger partial charge >= 0.3 is 0 Å². The molecule has 12 heavy (non-hydrogen) atoms. The zero-order chi connectivity index (χ0) is 9.14. The fraction of sp³-hybridized carbons (Fsp3) is 0.333. The van der Waals surface area contributed by atoms with Gasteiger partial charge in [0.05, 0.1) is 17.7 Å². The Morgan fingerprint density at radius 2 is 2.42 bits per heavy atom. The van der Waals surface area contributed by atoms with Gasteiger partial charge in [0, 0.05) is 6.20 Å². The fourth-order valence-corrected chi connectivity index (χ4v) is 0.833. The van der Waals surface area contributed by atoms with Crippen LogP contribution in [-0.4, -0.2) is 22.5 Å². The first-order valence-corrected chi connectivity index (χ1v) is 3.22. The Kier molecular flexibility index (Phi) is 2.37. The highest BCUT2D eigenvalue weighted by atomic mass is 19.3. The van der Waals surface area contributed by atoms with Crippen LogP contribution in [0.2, 0.25) is 0 Å². The predicted molar refractivity (Wildman–Crippen MR) is 36.8 cm³/mol. The van der Waals surface area contributed by atoms with Gasteiger partial charge < -0.3 is 5.73 Å². The largest absolute Gasteiger partial charge is 0.365 e. The summed E-state index contributed by atoms with van der Waals surface area (Å²) in [5.41, 5.74) is 4.93. The molecule has 1 heterocycles. The highest BCUT2D eigenvalue weighted by molar-refractivity contribution is 5.93. The number of carbonyl (C=O) groups excluding carboxylic acids is 1. The Morgan fingerprint density at radius 3 is 2.92 bits per heavy atom. The molecule has 4 nitrogen and oxygen atoms in total. The van der Waals surface area contributed by atoms with Crippen molar-refractivity contribution < 1.29 is 13.6 Å². The first-order chi connectivity index (χ1) is 5.61. The van der Waals surface area contributed by atoms with Gasteiger partial charge in [-0.1, -0.05) is 0 Å². The number of H-pyrrole nitrogens is 1. The second-order valence-corrected chi connectivity index (χ2v) is 2.21. The molecule has 1 amide bonds.